The number of nitrogen functional groups attached to an aromatic ring is 3. The molecule has 9 aromatic heterocycles. The molecule has 8 N–H and O–H groups in total. The number of likely N-dealkylation sites (tertiary alicyclic amines) is 2. The number of amides is 2. The van der Waals surface area contributed by atoms with Crippen molar-refractivity contribution in [1.82, 2.24) is 103 Å². The number of aromatic amines is 1. The first-order valence-electron chi connectivity index (χ1n) is 44.1. The van der Waals surface area contributed by atoms with Crippen LogP contribution in [0.1, 0.15) is 167 Å². The molecule has 12 heterocycles. The number of aromatic nitrogens is 18. The molecule has 3 saturated heterocycles. The third-order valence-corrected chi connectivity index (χ3v) is 24.6. The fraction of sp³-hybridized carbons (Fsp3) is 0.355. The number of benzene rings is 6. The van der Waals surface area contributed by atoms with Gasteiger partial charge in [0.05, 0.1) is 90.1 Å². The summed E-state index contributed by atoms with van der Waals surface area (Å²) in [6.07, 6.45) is 6.72. The van der Waals surface area contributed by atoms with Crippen molar-refractivity contribution < 1.29 is 175 Å². The van der Waals surface area contributed by atoms with Gasteiger partial charge in [-0.15, -0.1) is 0 Å². The molecule has 0 aliphatic carbocycles. The van der Waals surface area contributed by atoms with Crippen molar-refractivity contribution in [2.45, 2.75) is 161 Å². The first kappa shape index (κ1) is 109. The van der Waals surface area contributed by atoms with E-state index in [0.717, 1.165) is 25.9 Å². The van der Waals surface area contributed by atoms with E-state index in [1.807, 2.05) is 55.4 Å². The van der Waals surface area contributed by atoms with Gasteiger partial charge in [-0.1, -0.05) is 81.1 Å². The monoisotopic (exact) mass is 2120 g/mol. The van der Waals surface area contributed by atoms with Crippen LogP contribution in [-0.4, -0.2) is 182 Å². The fourth-order valence-electron chi connectivity index (χ4n) is 16.7. The topological polar surface area (TPSA) is 454 Å². The predicted octanol–water partition coefficient (Wildman–Crippen LogP) is 10.9. The molecule has 141 heavy (non-hydrogen) atoms. The molecular weight excluding hydrogens is 2030 g/mol. The maximum Gasteiger partial charge on any atom is 1.00 e. The van der Waals surface area contributed by atoms with Crippen LogP contribution in [0.2, 0.25) is 15.1 Å². The molecule has 48 heteroatoms. The van der Waals surface area contributed by atoms with Crippen LogP contribution in [0.15, 0.2) is 124 Å². The van der Waals surface area contributed by atoms with Gasteiger partial charge in [0.15, 0.2) is 51.8 Å². The zero-order valence-electron chi connectivity index (χ0n) is 81.0. The van der Waals surface area contributed by atoms with Crippen molar-refractivity contribution in [1.29, 1.82) is 0 Å². The largest absolute Gasteiger partial charge is 1.00 e. The number of nitrogens with one attached hydrogen (secondary N) is 2. The van der Waals surface area contributed by atoms with E-state index in [4.69, 9.17) is 92.6 Å². The first-order chi connectivity index (χ1) is 66.6. The summed E-state index contributed by atoms with van der Waals surface area (Å²) in [6.45, 7) is 22.6. The van der Waals surface area contributed by atoms with Crippen molar-refractivity contribution in [3.8, 4) is 39.5 Å². The number of carbonyl (C=O) groups is 3. The third-order valence-electron chi connectivity index (χ3n) is 23.2. The molecule has 3 aliphatic heterocycles. The van der Waals surface area contributed by atoms with Crippen LogP contribution in [0.3, 0.4) is 0 Å². The summed E-state index contributed by atoms with van der Waals surface area (Å²) in [5, 5.41) is 30.5. The molecule has 35 nitrogen and oxygen atoms in total. The Bertz CT molecular complexity index is 7420. The second-order valence-corrected chi connectivity index (χ2v) is 37.1. The molecule has 0 bridgehead atoms. The summed E-state index contributed by atoms with van der Waals surface area (Å²) in [5.41, 5.74) is 19.1. The van der Waals surface area contributed by atoms with Gasteiger partial charge in [0, 0.05) is 61.0 Å². The summed E-state index contributed by atoms with van der Waals surface area (Å²) in [4.78, 5) is 120. The minimum Gasteiger partial charge on any atom is -1.00 e. The molecule has 0 radical (unpaired) electrons. The Morgan fingerprint density at radius 3 is 1.26 bits per heavy atom. The minimum absolute atomic E-state index is 0. The van der Waals surface area contributed by atoms with E-state index in [-0.39, 0.29) is 257 Å². The average molecular weight is 2130 g/mol. The number of H-pyrrole nitrogens is 1. The summed E-state index contributed by atoms with van der Waals surface area (Å²) < 4.78 is 127. The summed E-state index contributed by atoms with van der Waals surface area (Å²) in [5.74, 6) is -4.69. The second kappa shape index (κ2) is 47.5. The van der Waals surface area contributed by atoms with Crippen molar-refractivity contribution in [2.24, 2.45) is 0 Å². The number of halogens is 11. The Labute approximate surface area is 912 Å². The van der Waals surface area contributed by atoms with Crippen LogP contribution in [0.5, 0.6) is 5.75 Å². The van der Waals surface area contributed by atoms with Crippen molar-refractivity contribution in [3.63, 3.8) is 0 Å². The standard InChI is InChI=1S/C32H33ClF2N8O3.C27H25ClF2N8O.C20H25BrClN3O3.C12H9F2N5O.CH3F.CH2O3.2K.H/c1-16-9-10-19(25(35)24(16)34)26-23-27(36)37-15-38-29(23)43(40-26)17(2)28-39-21-8-6-7-20(33)22(21)30(44)42(28)18-11-13-41(14-12-18)31(45)46-32(3,4)5;1-13-6-7-16(22(30)21(13)29)23-20-24(31)33-12-34-26(20)38(36-23)14(2)25-35-18-5-3-4-17(28)19(18)27(39)37(25)15-8-10-32-11-9-15;1-12(21)17-23-15-7-5-6-14(22)16(15)18(26)25(17)13-8-10-24(11-9-13)19(27)28-20(2,3)4;1-20-6-3-2-5(8(13)9(6)14)10-7-11(15)16-4-17-12(7)19-18-10;1-2;2-1-4-3;;;/h6-10,15,17-18H,11-14H2,1-5H3,(H2,36,37,38);3-7,12,14-15,32H,8-11H2,1-2H3,(H2,31,33,34);5-7,12-13H,8-11H2,1-4H3;2-4H,1H3,(H3,15,16,17,18,19);1H3;1,3H;;;/q;;;;;;2*+1;-1/p-1/i;;;;1D;;;;. The van der Waals surface area contributed by atoms with Crippen LogP contribution in [-0.2, 0) is 19.2 Å². The van der Waals surface area contributed by atoms with Crippen molar-refractivity contribution in [2.75, 3.05) is 70.7 Å². The van der Waals surface area contributed by atoms with Crippen LogP contribution in [0.4, 0.5) is 57.8 Å². The van der Waals surface area contributed by atoms with Gasteiger partial charge in [0.1, 0.15) is 88.6 Å². The maximum atomic E-state index is 15.3. The Balaban J connectivity index is 0.000000197. The molecule has 18 rings (SSSR count). The molecule has 0 spiro atoms. The molecule has 6 aromatic carbocycles. The number of aryl methyl sites for hydroxylation is 2. The van der Waals surface area contributed by atoms with Gasteiger partial charge >= 0.3 is 115 Å². The number of nitrogens with two attached hydrogens (primary N) is 3. The maximum absolute atomic E-state index is 15.3. The predicted molar refractivity (Wildman–Crippen MR) is 514 cm³/mol. The molecule has 734 valence electrons. The number of alkyl halides is 2. The Morgan fingerprint density at radius 2 is 0.887 bits per heavy atom. The van der Waals surface area contributed by atoms with E-state index in [1.165, 1.54) is 85.7 Å². The summed E-state index contributed by atoms with van der Waals surface area (Å²) in [6, 6.07) is 22.1. The molecule has 3 fully saturated rings. The second-order valence-electron chi connectivity index (χ2n) is 34.5. The van der Waals surface area contributed by atoms with Gasteiger partial charge in [0.2, 0.25) is 5.82 Å². The Morgan fingerprint density at radius 1 is 0.532 bits per heavy atom. The van der Waals surface area contributed by atoms with Gasteiger partial charge in [-0.25, -0.2) is 85.8 Å². The van der Waals surface area contributed by atoms with Crippen LogP contribution >= 0.6 is 50.7 Å². The van der Waals surface area contributed by atoms with Gasteiger partial charge in [0.25, 0.3) is 23.2 Å². The van der Waals surface area contributed by atoms with Crippen molar-refractivity contribution >= 4 is 153 Å². The number of ether oxygens (including phenoxy) is 3. The number of fused-ring (bicyclic) bond motifs is 6. The smallest absolute Gasteiger partial charge is 1.00 e. The fourth-order valence-corrected chi connectivity index (χ4v) is 17.7. The van der Waals surface area contributed by atoms with E-state index < -0.39 is 71.4 Å². The average Bonchev–Trinajstić information content (AvgIpc) is 1.70. The zero-order chi connectivity index (χ0) is 102. The quantitative estimate of drug-likeness (QED) is 0.0179. The number of hydrogen-bond donors (Lipinski definition) is 5. The zero-order valence-corrected chi connectivity index (χ0v) is 89.1. The molecule has 15 aromatic rings. The normalized spacial score (nSPS) is 14.4. The van der Waals surface area contributed by atoms with Gasteiger partial charge < -0.3 is 58.1 Å². The molecule has 0 saturated carbocycles. The van der Waals surface area contributed by atoms with Gasteiger partial charge in [-0.05, 0) is 200 Å². The minimum atomic E-state index is -1.08. The summed E-state index contributed by atoms with van der Waals surface area (Å²) >= 11 is 22.8. The Kier molecular flexibility index (Phi) is 36.8. The van der Waals surface area contributed by atoms with Gasteiger partial charge in [-0.3, -0.25) is 42.4 Å². The first-order valence-corrected chi connectivity index (χ1v) is 45.5. The Hall–Kier alpha value is -10.3. The van der Waals surface area contributed by atoms with Crippen LogP contribution in [0, 0.1) is 48.8 Å². The number of methoxy groups -OCH3 is 1. The molecular formula is C93H97BrCl3F7K2N24O11. The SMILES string of the molecule is CC(Br)c1nc2cccc(Cl)c2c(=O)n1C1CCN(C(=O)OC(C)(C)C)CC1.COc1ccc(-c2[nH]nc3ncnc(N)c23)c(F)c1F.Cc1ccc(-c2nn(C(C)c3nc4cccc(Cl)c4c(=O)n3C3CCN(C(=O)OC(C)(C)C)CC3)c3ncnc(N)c23)c(F)c1F.Cc1ccc(-c2nn(C(C)c3nc4cccc(Cl)c4c(=O)n3C3CCNCC3)c3ncnc(N)c23)c(F)c1F.O=CO[O-].[2H]CF.[H-].[K+].[K+]. The number of rotatable bonds is 13. The van der Waals surface area contributed by atoms with Crippen LogP contribution in [0.25, 0.3) is 99.6 Å². The van der Waals surface area contributed by atoms with E-state index in [9.17, 15) is 45.9 Å². The van der Waals surface area contributed by atoms with E-state index in [0.29, 0.717) is 118 Å². The molecule has 3 aliphatic rings. The van der Waals surface area contributed by atoms with E-state index in [2.05, 4.69) is 76.4 Å². The molecule has 3 unspecified atom stereocenters. The van der Waals surface area contributed by atoms with Crippen LogP contribution < -0.4 is 152 Å². The van der Waals surface area contributed by atoms with E-state index in [1.54, 1.807) is 85.0 Å². The van der Waals surface area contributed by atoms with Crippen molar-refractivity contribution in [3.05, 3.63) is 220 Å². The van der Waals surface area contributed by atoms with E-state index >= 15 is 8.78 Å². The third kappa shape index (κ3) is 23.7. The number of nitrogens with zero attached hydrogens (tertiary/aromatic N) is 19. The number of piperidine rings is 3. The summed E-state index contributed by atoms with van der Waals surface area (Å²) in [7, 11) is 0.259. The number of carbonyl (C=O) groups excluding carboxylic acids is 3. The molecule has 3 atom stereocenters. The molecule has 2 amide bonds. The number of hydrogen-bond acceptors (Lipinski definition) is 27. The van der Waals surface area contributed by atoms with Gasteiger partial charge in [-0.2, -0.15) is 19.7 Å². The number of anilines is 3.